The Labute approximate surface area is 78.4 Å². The van der Waals surface area contributed by atoms with E-state index in [1.165, 1.54) is 0 Å². The third kappa shape index (κ3) is 2.02. The molecule has 0 bridgehead atoms. The topological polar surface area (TPSA) is 59.1 Å². The molecule has 0 unspecified atom stereocenters. The van der Waals surface area contributed by atoms with E-state index in [4.69, 9.17) is 10.8 Å². The predicted molar refractivity (Wildman–Crippen MR) is 43.0 cm³/mol. The maximum Gasteiger partial charge on any atom is 0.280 e. The molecule has 0 aliphatic rings. The van der Waals surface area contributed by atoms with Gasteiger partial charge in [-0.05, 0) is 11.6 Å². The number of halogens is 3. The summed E-state index contributed by atoms with van der Waals surface area (Å²) in [5, 5.41) is 8.74. The third-order valence-electron chi connectivity index (χ3n) is 1.79. The average Bonchev–Trinajstić information content (AvgIpc) is 2.16. The fourth-order valence-electron chi connectivity index (χ4n) is 1.07. The largest absolute Gasteiger partial charge is 0.391 e. The molecule has 14 heavy (non-hydrogen) atoms. The van der Waals surface area contributed by atoms with Gasteiger partial charge in [-0.2, -0.15) is 4.39 Å². The van der Waals surface area contributed by atoms with Crippen LogP contribution in [0.2, 0.25) is 0 Å². The average molecular weight is 206 g/mol. The Bertz CT molecular complexity index is 331. The molecule has 0 aliphatic heterocycles. The van der Waals surface area contributed by atoms with Crippen molar-refractivity contribution in [1.82, 2.24) is 4.98 Å². The van der Waals surface area contributed by atoms with Crippen LogP contribution in [0.25, 0.3) is 0 Å². The van der Waals surface area contributed by atoms with E-state index in [1.54, 1.807) is 0 Å². The zero-order chi connectivity index (χ0) is 10.7. The van der Waals surface area contributed by atoms with E-state index in [0.717, 1.165) is 6.07 Å². The lowest BCUT2D eigenvalue weighted by Crippen LogP contribution is -2.08. The van der Waals surface area contributed by atoms with Crippen LogP contribution in [0, 0.1) is 5.95 Å². The number of alkyl halides is 2. The van der Waals surface area contributed by atoms with Crippen molar-refractivity contribution in [2.45, 2.75) is 19.6 Å². The number of aliphatic hydroxyl groups is 1. The first kappa shape index (κ1) is 10.9. The second-order valence-corrected chi connectivity index (χ2v) is 2.64. The van der Waals surface area contributed by atoms with Gasteiger partial charge in [0.1, 0.15) is 5.69 Å². The highest BCUT2D eigenvalue weighted by atomic mass is 19.3. The van der Waals surface area contributed by atoms with Gasteiger partial charge in [-0.25, -0.2) is 13.8 Å². The Morgan fingerprint density at radius 3 is 2.57 bits per heavy atom. The van der Waals surface area contributed by atoms with Crippen molar-refractivity contribution in [2.24, 2.45) is 5.73 Å². The lowest BCUT2D eigenvalue weighted by Gasteiger charge is -2.08. The Morgan fingerprint density at radius 1 is 1.50 bits per heavy atom. The highest BCUT2D eigenvalue weighted by Gasteiger charge is 2.16. The van der Waals surface area contributed by atoms with Gasteiger partial charge in [-0.1, -0.05) is 0 Å². The molecule has 3 N–H and O–H groups in total. The minimum absolute atomic E-state index is 0.116. The zero-order valence-corrected chi connectivity index (χ0v) is 7.17. The monoisotopic (exact) mass is 206 g/mol. The summed E-state index contributed by atoms with van der Waals surface area (Å²) in [7, 11) is 0. The number of hydrogen-bond acceptors (Lipinski definition) is 3. The Kier molecular flexibility index (Phi) is 3.43. The van der Waals surface area contributed by atoms with Gasteiger partial charge in [0.2, 0.25) is 5.95 Å². The van der Waals surface area contributed by atoms with Crippen LogP contribution in [0.5, 0.6) is 0 Å². The van der Waals surface area contributed by atoms with Crippen molar-refractivity contribution >= 4 is 0 Å². The Morgan fingerprint density at radius 2 is 2.14 bits per heavy atom. The molecule has 0 saturated carbocycles. The van der Waals surface area contributed by atoms with E-state index in [-0.39, 0.29) is 17.7 Å². The smallest absolute Gasteiger partial charge is 0.280 e. The maximum atomic E-state index is 13.0. The molecule has 0 amide bonds. The first-order chi connectivity index (χ1) is 6.60. The predicted octanol–water partition coefficient (Wildman–Crippen LogP) is 1.11. The number of nitrogens with zero attached hydrogens (tertiary/aromatic N) is 1. The summed E-state index contributed by atoms with van der Waals surface area (Å²) in [5.41, 5.74) is 4.57. The second kappa shape index (κ2) is 4.39. The van der Waals surface area contributed by atoms with Crippen molar-refractivity contribution in [3.8, 4) is 0 Å². The van der Waals surface area contributed by atoms with Crippen LogP contribution < -0.4 is 5.73 Å². The molecule has 0 saturated heterocycles. The third-order valence-corrected chi connectivity index (χ3v) is 1.79. The van der Waals surface area contributed by atoms with E-state index in [0.29, 0.717) is 0 Å². The van der Waals surface area contributed by atoms with Gasteiger partial charge in [-0.3, -0.25) is 0 Å². The Hall–Kier alpha value is -1.14. The summed E-state index contributed by atoms with van der Waals surface area (Å²) >= 11 is 0. The summed E-state index contributed by atoms with van der Waals surface area (Å²) in [6.07, 6.45) is -2.84. The van der Waals surface area contributed by atoms with Gasteiger partial charge in [0.15, 0.2) is 0 Å². The molecule has 3 nitrogen and oxygen atoms in total. The lowest BCUT2D eigenvalue weighted by molar-refractivity contribution is 0.144. The van der Waals surface area contributed by atoms with Gasteiger partial charge in [0, 0.05) is 12.1 Å². The molecular weight excluding hydrogens is 197 g/mol. The molecular formula is C8H9F3N2O. The molecule has 6 heteroatoms. The molecule has 78 valence electrons. The quantitative estimate of drug-likeness (QED) is 0.728. The van der Waals surface area contributed by atoms with Crippen LogP contribution >= 0.6 is 0 Å². The van der Waals surface area contributed by atoms with E-state index in [2.05, 4.69) is 4.98 Å². The van der Waals surface area contributed by atoms with Gasteiger partial charge in [0.25, 0.3) is 6.43 Å². The van der Waals surface area contributed by atoms with Gasteiger partial charge >= 0.3 is 0 Å². The number of hydrogen-bond donors (Lipinski definition) is 2. The van der Waals surface area contributed by atoms with Crippen LogP contribution in [0.3, 0.4) is 0 Å². The normalized spacial score (nSPS) is 11.0. The van der Waals surface area contributed by atoms with Crippen LogP contribution in [0.1, 0.15) is 23.2 Å². The van der Waals surface area contributed by atoms with Crippen molar-refractivity contribution in [2.75, 3.05) is 0 Å². The van der Waals surface area contributed by atoms with Crippen LogP contribution in [-0.4, -0.2) is 10.1 Å². The summed E-state index contributed by atoms with van der Waals surface area (Å²) in [6.45, 7) is -0.718. The lowest BCUT2D eigenvalue weighted by atomic mass is 10.1. The number of aromatic nitrogens is 1. The molecule has 0 radical (unpaired) electrons. The molecule has 1 rings (SSSR count). The molecule has 1 heterocycles. The number of nitrogens with two attached hydrogens (primary N) is 1. The molecule has 0 aromatic carbocycles. The van der Waals surface area contributed by atoms with Gasteiger partial charge in [0.05, 0.1) is 6.61 Å². The molecule has 1 aromatic heterocycles. The highest BCUT2D eigenvalue weighted by Crippen LogP contribution is 2.21. The molecule has 0 spiro atoms. The van der Waals surface area contributed by atoms with E-state index < -0.39 is 24.7 Å². The highest BCUT2D eigenvalue weighted by molar-refractivity contribution is 5.27. The first-order valence-corrected chi connectivity index (χ1v) is 3.87. The number of pyridine rings is 1. The van der Waals surface area contributed by atoms with Crippen LogP contribution in [0.15, 0.2) is 6.07 Å². The molecule has 1 aromatic rings. The van der Waals surface area contributed by atoms with Crippen molar-refractivity contribution in [3.63, 3.8) is 0 Å². The van der Waals surface area contributed by atoms with E-state index in [1.807, 2.05) is 0 Å². The van der Waals surface area contributed by atoms with E-state index in [9.17, 15) is 13.2 Å². The molecule has 0 fully saturated rings. The minimum Gasteiger partial charge on any atom is -0.391 e. The molecule has 0 atom stereocenters. The fraction of sp³-hybridized carbons (Fsp3) is 0.375. The number of rotatable bonds is 3. The zero-order valence-electron chi connectivity index (χ0n) is 7.17. The first-order valence-electron chi connectivity index (χ1n) is 3.87. The fourth-order valence-corrected chi connectivity index (χ4v) is 1.07. The second-order valence-electron chi connectivity index (χ2n) is 2.64. The van der Waals surface area contributed by atoms with E-state index >= 15 is 0 Å². The van der Waals surface area contributed by atoms with Gasteiger partial charge < -0.3 is 10.8 Å². The summed E-state index contributed by atoms with van der Waals surface area (Å²) < 4.78 is 37.3. The number of aliphatic hydroxyl groups excluding tert-OH is 1. The van der Waals surface area contributed by atoms with Crippen molar-refractivity contribution in [1.29, 1.82) is 0 Å². The van der Waals surface area contributed by atoms with Crippen molar-refractivity contribution < 1.29 is 18.3 Å². The van der Waals surface area contributed by atoms with Crippen LogP contribution in [-0.2, 0) is 13.2 Å². The summed E-state index contributed by atoms with van der Waals surface area (Å²) in [4.78, 5) is 3.02. The minimum atomic E-state index is -2.84. The molecule has 0 aliphatic carbocycles. The standard InChI is InChI=1S/C8H9F3N2O/c9-7(10)6-1-4(2-12)5(3-14)8(11)13-6/h1,7,14H,2-3,12H2. The van der Waals surface area contributed by atoms with Crippen LogP contribution in [0.4, 0.5) is 13.2 Å². The Balaban J connectivity index is 3.24. The SMILES string of the molecule is NCc1cc(C(F)F)nc(F)c1CO. The summed E-state index contributed by atoms with van der Waals surface area (Å²) in [6, 6.07) is 0.999. The van der Waals surface area contributed by atoms with Crippen molar-refractivity contribution in [3.05, 3.63) is 28.8 Å². The maximum absolute atomic E-state index is 13.0. The summed E-state index contributed by atoms with van der Waals surface area (Å²) in [5.74, 6) is -1.09. The van der Waals surface area contributed by atoms with Gasteiger partial charge in [-0.15, -0.1) is 0 Å².